The number of carbonyl (C=O) groups excluding carboxylic acids is 1. The zero-order valence-corrected chi connectivity index (χ0v) is 18.3. The highest BCUT2D eigenvalue weighted by molar-refractivity contribution is 7.16. The molecule has 1 aliphatic carbocycles. The third-order valence-electron chi connectivity index (χ3n) is 5.57. The number of nitrogens with one attached hydrogen (secondary N) is 1. The van der Waals surface area contributed by atoms with Gasteiger partial charge in [0.2, 0.25) is 0 Å². The van der Waals surface area contributed by atoms with E-state index >= 15 is 0 Å². The summed E-state index contributed by atoms with van der Waals surface area (Å²) in [5.41, 5.74) is 1.77. The lowest BCUT2D eigenvalue weighted by atomic mass is 9.72. The van der Waals surface area contributed by atoms with Gasteiger partial charge in [0.1, 0.15) is 16.8 Å². The Bertz CT molecular complexity index is 999. The summed E-state index contributed by atoms with van der Waals surface area (Å²) in [6, 6.07) is 7.83. The minimum Gasteiger partial charge on any atom is -0.481 e. The van der Waals surface area contributed by atoms with Crippen molar-refractivity contribution < 1.29 is 14.5 Å². The van der Waals surface area contributed by atoms with Gasteiger partial charge in [0, 0.05) is 17.0 Å². The van der Waals surface area contributed by atoms with Crippen LogP contribution in [0.25, 0.3) is 0 Å². The molecule has 158 valence electrons. The Kier molecular flexibility index (Phi) is 6.13. The maximum absolute atomic E-state index is 12.6. The molecule has 1 heterocycles. The first kappa shape index (κ1) is 21.8. The monoisotopic (exact) mass is 427 g/mol. The number of nitriles is 1. The van der Waals surface area contributed by atoms with E-state index < -0.39 is 11.0 Å². The van der Waals surface area contributed by atoms with Gasteiger partial charge >= 0.3 is 0 Å². The number of fused-ring (bicyclic) bond motifs is 1. The van der Waals surface area contributed by atoms with Gasteiger partial charge in [-0.3, -0.25) is 14.9 Å². The molecule has 0 unspecified atom stereocenters. The smallest absolute Gasteiger partial charge is 0.269 e. The van der Waals surface area contributed by atoms with Gasteiger partial charge in [0.15, 0.2) is 6.10 Å². The average Bonchev–Trinajstić information content (AvgIpc) is 3.03. The normalized spacial score (nSPS) is 16.8. The van der Waals surface area contributed by atoms with E-state index in [4.69, 9.17) is 4.74 Å². The molecule has 1 aromatic heterocycles. The lowest BCUT2D eigenvalue weighted by Crippen LogP contribution is -2.30. The van der Waals surface area contributed by atoms with Crippen LogP contribution in [0.4, 0.5) is 10.7 Å². The van der Waals surface area contributed by atoms with Gasteiger partial charge in [0.05, 0.1) is 10.5 Å². The highest BCUT2D eigenvalue weighted by Gasteiger charge is 2.32. The summed E-state index contributed by atoms with van der Waals surface area (Å²) in [6.45, 7) is 8.32. The van der Waals surface area contributed by atoms with Crippen molar-refractivity contribution in [2.45, 2.75) is 53.1 Å². The number of nitrogens with zero attached hydrogens (tertiary/aromatic N) is 2. The molecular formula is C22H25N3O4S. The van der Waals surface area contributed by atoms with Gasteiger partial charge in [-0.25, -0.2) is 0 Å². The fourth-order valence-corrected chi connectivity index (χ4v) is 4.93. The van der Waals surface area contributed by atoms with Crippen molar-refractivity contribution in [1.82, 2.24) is 0 Å². The number of amides is 1. The van der Waals surface area contributed by atoms with E-state index in [1.807, 2.05) is 0 Å². The number of non-ortho nitro benzene ring substituents is 1. The van der Waals surface area contributed by atoms with Crippen molar-refractivity contribution in [2.24, 2.45) is 11.3 Å². The number of nitro groups is 1. The summed E-state index contributed by atoms with van der Waals surface area (Å²) >= 11 is 1.48. The molecule has 0 radical (unpaired) electrons. The van der Waals surface area contributed by atoms with Crippen LogP contribution in [-0.4, -0.2) is 16.9 Å². The third kappa shape index (κ3) is 4.62. The van der Waals surface area contributed by atoms with Crippen LogP contribution >= 0.6 is 11.3 Å². The number of ether oxygens (including phenoxy) is 1. The zero-order valence-electron chi connectivity index (χ0n) is 17.5. The van der Waals surface area contributed by atoms with Crippen LogP contribution in [0.5, 0.6) is 5.75 Å². The van der Waals surface area contributed by atoms with Crippen LogP contribution < -0.4 is 10.1 Å². The molecule has 1 aliphatic rings. The van der Waals surface area contributed by atoms with Gasteiger partial charge < -0.3 is 10.1 Å². The number of nitro benzene ring substituents is 1. The summed E-state index contributed by atoms with van der Waals surface area (Å²) in [4.78, 5) is 24.1. The number of hydrogen-bond acceptors (Lipinski definition) is 6. The molecule has 2 atom stereocenters. The Hall–Kier alpha value is -2.92. The van der Waals surface area contributed by atoms with Crippen molar-refractivity contribution >= 4 is 27.9 Å². The van der Waals surface area contributed by atoms with Crippen molar-refractivity contribution in [3.63, 3.8) is 0 Å². The molecule has 0 aliphatic heterocycles. The molecule has 1 amide bonds. The van der Waals surface area contributed by atoms with E-state index in [0.29, 0.717) is 22.2 Å². The molecule has 7 nitrogen and oxygen atoms in total. The van der Waals surface area contributed by atoms with E-state index in [9.17, 15) is 20.2 Å². The van der Waals surface area contributed by atoms with E-state index in [1.54, 1.807) is 6.92 Å². The maximum Gasteiger partial charge on any atom is 0.269 e. The van der Waals surface area contributed by atoms with Crippen molar-refractivity contribution in [3.8, 4) is 11.8 Å². The predicted octanol–water partition coefficient (Wildman–Crippen LogP) is 5.08. The van der Waals surface area contributed by atoms with Gasteiger partial charge in [-0.2, -0.15) is 5.26 Å². The Morgan fingerprint density at radius 3 is 2.60 bits per heavy atom. The molecule has 30 heavy (non-hydrogen) atoms. The number of rotatable bonds is 5. The molecule has 0 saturated carbocycles. The molecule has 8 heteroatoms. The van der Waals surface area contributed by atoms with Gasteiger partial charge in [-0.05, 0) is 55.2 Å². The van der Waals surface area contributed by atoms with Crippen LogP contribution in [0, 0.1) is 32.8 Å². The van der Waals surface area contributed by atoms with Crippen LogP contribution in [-0.2, 0) is 17.6 Å². The summed E-state index contributed by atoms with van der Waals surface area (Å²) in [6.07, 6.45) is 1.98. The molecule has 0 saturated heterocycles. The summed E-state index contributed by atoms with van der Waals surface area (Å²) in [5.74, 6) is 0.543. The van der Waals surface area contributed by atoms with Crippen molar-refractivity contribution in [1.29, 1.82) is 5.26 Å². The first-order chi connectivity index (χ1) is 14.1. The Labute approximate surface area is 179 Å². The topological polar surface area (TPSA) is 105 Å². The minimum atomic E-state index is -0.820. The largest absolute Gasteiger partial charge is 0.481 e. The third-order valence-corrected chi connectivity index (χ3v) is 6.74. The fraction of sp³-hybridized carbons (Fsp3) is 0.455. The van der Waals surface area contributed by atoms with Crippen LogP contribution in [0.3, 0.4) is 0 Å². The number of thiophene rings is 1. The second kappa shape index (κ2) is 8.44. The molecule has 0 bridgehead atoms. The SMILES string of the molecule is C[C@@H](Oc1ccc([N+](=O)[O-])cc1)C(=O)Nc1sc2c(c1C#N)CC[C@H](C(C)(C)C)C2. The van der Waals surface area contributed by atoms with Crippen molar-refractivity contribution in [2.75, 3.05) is 5.32 Å². The van der Waals surface area contributed by atoms with E-state index in [1.165, 1.54) is 40.5 Å². The lowest BCUT2D eigenvalue weighted by molar-refractivity contribution is -0.384. The average molecular weight is 428 g/mol. The maximum atomic E-state index is 12.6. The first-order valence-electron chi connectivity index (χ1n) is 9.86. The summed E-state index contributed by atoms with van der Waals surface area (Å²) in [5, 5.41) is 23.8. The first-order valence-corrected chi connectivity index (χ1v) is 10.7. The van der Waals surface area contributed by atoms with Gasteiger partial charge in [0.25, 0.3) is 11.6 Å². The van der Waals surface area contributed by atoms with Gasteiger partial charge in [-0.1, -0.05) is 20.8 Å². The van der Waals surface area contributed by atoms with Crippen LogP contribution in [0.15, 0.2) is 24.3 Å². The molecular weight excluding hydrogens is 402 g/mol. The molecule has 1 aromatic carbocycles. The quantitative estimate of drug-likeness (QED) is 0.529. The van der Waals surface area contributed by atoms with Crippen LogP contribution in [0.1, 0.15) is 50.1 Å². The summed E-state index contributed by atoms with van der Waals surface area (Å²) in [7, 11) is 0. The number of anilines is 1. The second-order valence-corrected chi connectivity index (χ2v) is 9.73. The molecule has 0 fully saturated rings. The highest BCUT2D eigenvalue weighted by Crippen LogP contribution is 2.44. The second-order valence-electron chi connectivity index (χ2n) is 8.63. The standard InChI is InChI=1S/C22H25N3O4S/c1-13(29-16-8-6-15(7-9-16)25(27)28)20(26)24-21-18(12-23)17-10-5-14(22(2,3)4)11-19(17)30-21/h6-9,13-14H,5,10-11H2,1-4H3,(H,24,26)/t13-,14+/m1/s1. The lowest BCUT2D eigenvalue weighted by Gasteiger charge is -2.33. The van der Waals surface area contributed by atoms with Gasteiger partial charge in [-0.15, -0.1) is 11.3 Å². The Morgan fingerprint density at radius 1 is 1.37 bits per heavy atom. The highest BCUT2D eigenvalue weighted by atomic mass is 32.1. The fourth-order valence-electron chi connectivity index (χ4n) is 3.65. The minimum absolute atomic E-state index is 0.0455. The predicted molar refractivity (Wildman–Crippen MR) is 116 cm³/mol. The Balaban J connectivity index is 1.71. The number of hydrogen-bond donors (Lipinski definition) is 1. The molecule has 2 aromatic rings. The Morgan fingerprint density at radius 2 is 2.03 bits per heavy atom. The number of benzene rings is 1. The van der Waals surface area contributed by atoms with E-state index in [-0.39, 0.29) is 17.0 Å². The summed E-state index contributed by atoms with van der Waals surface area (Å²) < 4.78 is 5.61. The van der Waals surface area contributed by atoms with E-state index in [0.717, 1.165) is 24.8 Å². The molecule has 3 rings (SSSR count). The van der Waals surface area contributed by atoms with Crippen LogP contribution in [0.2, 0.25) is 0 Å². The molecule has 0 spiro atoms. The zero-order chi connectivity index (χ0) is 22.1. The van der Waals surface area contributed by atoms with Crippen molar-refractivity contribution in [3.05, 3.63) is 50.4 Å². The number of carbonyl (C=O) groups is 1. The molecule has 1 N–H and O–H groups in total. The van der Waals surface area contributed by atoms with E-state index in [2.05, 4.69) is 32.2 Å².